The molecule has 2 aromatic rings. The van der Waals surface area contributed by atoms with Crippen LogP contribution in [0.15, 0.2) is 36.4 Å². The molecule has 0 bridgehead atoms. The van der Waals surface area contributed by atoms with Crippen molar-refractivity contribution in [1.29, 1.82) is 0 Å². The highest BCUT2D eigenvalue weighted by molar-refractivity contribution is 6.32. The van der Waals surface area contributed by atoms with Gasteiger partial charge in [-0.15, -0.1) is 0 Å². The smallest absolute Gasteiger partial charge is 0.409 e. The average molecular weight is 347 g/mol. The molecule has 1 N–H and O–H groups in total. The molecule has 0 spiro atoms. The van der Waals surface area contributed by atoms with Crippen LogP contribution in [0.25, 0.3) is 11.1 Å². The van der Waals surface area contributed by atoms with Crippen LogP contribution in [-0.4, -0.2) is 43.5 Å². The molecule has 0 saturated heterocycles. The van der Waals surface area contributed by atoms with E-state index in [1.807, 2.05) is 55.4 Å². The van der Waals surface area contributed by atoms with E-state index in [1.54, 1.807) is 0 Å². The molecule has 0 fully saturated rings. The van der Waals surface area contributed by atoms with Crippen LogP contribution in [0.3, 0.4) is 0 Å². The molecule has 0 aromatic heterocycles. The van der Waals surface area contributed by atoms with Crippen molar-refractivity contribution in [2.24, 2.45) is 0 Å². The van der Waals surface area contributed by atoms with Crippen molar-refractivity contribution in [1.82, 2.24) is 4.90 Å². The van der Waals surface area contributed by atoms with Crippen molar-refractivity contribution in [2.45, 2.75) is 12.6 Å². The summed E-state index contributed by atoms with van der Waals surface area (Å²) in [5, 5.41) is 9.60. The van der Waals surface area contributed by atoms with E-state index in [4.69, 9.17) is 21.4 Å². The molecule has 6 heteroatoms. The van der Waals surface area contributed by atoms with Gasteiger partial charge in [-0.25, -0.2) is 4.79 Å². The van der Waals surface area contributed by atoms with E-state index in [0.717, 1.165) is 27.3 Å². The number of carbonyl (C=O) groups is 1. The first-order valence-electron chi connectivity index (χ1n) is 7.59. The molecule has 0 aliphatic carbocycles. The number of fused-ring (bicyclic) bond motifs is 1. The van der Waals surface area contributed by atoms with E-state index in [-0.39, 0.29) is 0 Å². The maximum Gasteiger partial charge on any atom is 0.409 e. The van der Waals surface area contributed by atoms with Gasteiger partial charge in [-0.1, -0.05) is 23.7 Å². The number of benzene rings is 2. The molecular weight excluding hydrogens is 328 g/mol. The second-order valence-corrected chi connectivity index (χ2v) is 6.46. The minimum Gasteiger partial charge on any atom is -0.468 e. The Balaban J connectivity index is 1.91. The Morgan fingerprint density at radius 1 is 1.17 bits per heavy atom. The van der Waals surface area contributed by atoms with Crippen LogP contribution in [0, 0.1) is 0 Å². The molecule has 126 valence electrons. The fourth-order valence-electron chi connectivity index (χ4n) is 2.76. The van der Waals surface area contributed by atoms with E-state index in [9.17, 15) is 4.79 Å². The summed E-state index contributed by atoms with van der Waals surface area (Å²) in [4.78, 5) is 14.3. The summed E-state index contributed by atoms with van der Waals surface area (Å²) in [6.07, 6.45) is -1.08. The zero-order valence-corrected chi connectivity index (χ0v) is 14.5. The van der Waals surface area contributed by atoms with Crippen LogP contribution in [-0.2, 0) is 6.42 Å². The molecule has 1 unspecified atom stereocenters. The molecule has 2 aromatic carbocycles. The first kappa shape index (κ1) is 16.5. The van der Waals surface area contributed by atoms with Gasteiger partial charge in [-0.05, 0) is 35.4 Å². The topological polar surface area (TPSA) is 53.0 Å². The van der Waals surface area contributed by atoms with Crippen molar-refractivity contribution in [2.75, 3.05) is 26.0 Å². The molecular formula is C18H19ClN2O3. The van der Waals surface area contributed by atoms with Gasteiger partial charge in [0, 0.05) is 38.8 Å². The summed E-state index contributed by atoms with van der Waals surface area (Å²) < 4.78 is 5.71. The third-order valence-electron chi connectivity index (χ3n) is 4.22. The Bertz CT molecular complexity index is 775. The molecule has 0 radical (unpaired) electrons. The van der Waals surface area contributed by atoms with E-state index >= 15 is 0 Å². The third-order valence-corrected chi connectivity index (χ3v) is 4.50. The van der Waals surface area contributed by atoms with E-state index in [2.05, 4.69) is 0 Å². The minimum atomic E-state index is -1.02. The van der Waals surface area contributed by atoms with Gasteiger partial charge in [-0.2, -0.15) is 0 Å². The number of anilines is 1. The Morgan fingerprint density at radius 2 is 1.83 bits per heavy atom. The Labute approximate surface area is 146 Å². The molecule has 1 aliphatic rings. The van der Waals surface area contributed by atoms with Crippen LogP contribution in [0.5, 0.6) is 5.75 Å². The second-order valence-electron chi connectivity index (χ2n) is 6.06. The fraction of sp³-hybridized carbons (Fsp3) is 0.278. The lowest BCUT2D eigenvalue weighted by Crippen LogP contribution is -2.38. The summed E-state index contributed by atoms with van der Waals surface area (Å²) in [6, 6.07) is 12.1. The van der Waals surface area contributed by atoms with Crippen molar-refractivity contribution >= 4 is 23.4 Å². The van der Waals surface area contributed by atoms with Gasteiger partial charge in [0.15, 0.2) is 6.23 Å². The van der Waals surface area contributed by atoms with E-state index < -0.39 is 12.3 Å². The number of hydrogen-bond acceptors (Lipinski definition) is 3. The van der Waals surface area contributed by atoms with Crippen molar-refractivity contribution in [3.63, 3.8) is 0 Å². The maximum atomic E-state index is 11.1. The first-order valence-corrected chi connectivity index (χ1v) is 7.97. The highest BCUT2D eigenvalue weighted by Crippen LogP contribution is 2.40. The zero-order chi connectivity index (χ0) is 17.4. The average Bonchev–Trinajstić information content (AvgIpc) is 2.98. The molecule has 1 amide bonds. The SMILES string of the molecule is CN(C)c1ccc(-c2cc(Cl)c3c(c2)CC(N(C)C(=O)O)O3)cc1. The van der Waals surface area contributed by atoms with Gasteiger partial charge < -0.3 is 14.7 Å². The molecule has 1 atom stereocenters. The highest BCUT2D eigenvalue weighted by atomic mass is 35.5. The molecule has 24 heavy (non-hydrogen) atoms. The number of ether oxygens (including phenoxy) is 1. The molecule has 3 rings (SSSR count). The van der Waals surface area contributed by atoms with Crippen molar-refractivity contribution in [3.05, 3.63) is 47.0 Å². The number of likely N-dealkylation sites (N-methyl/N-ethyl adjacent to an activating group) is 1. The molecule has 0 saturated carbocycles. The Hall–Kier alpha value is -2.40. The van der Waals surface area contributed by atoms with Crippen LogP contribution in [0.1, 0.15) is 5.56 Å². The number of amides is 1. The lowest BCUT2D eigenvalue weighted by Gasteiger charge is -2.20. The quantitative estimate of drug-likeness (QED) is 0.914. The van der Waals surface area contributed by atoms with Crippen LogP contribution >= 0.6 is 11.6 Å². The molecule has 1 aliphatic heterocycles. The van der Waals surface area contributed by atoms with Crippen LogP contribution in [0.4, 0.5) is 10.5 Å². The standard InChI is InChI=1S/C18H19ClN2O3/c1-20(2)14-6-4-11(5-7-14)12-8-13-10-16(21(3)18(22)23)24-17(13)15(19)9-12/h4-9,16H,10H2,1-3H3,(H,22,23). The summed E-state index contributed by atoms with van der Waals surface area (Å²) >= 11 is 6.36. The summed E-state index contributed by atoms with van der Waals surface area (Å²) in [5.74, 6) is 0.573. The largest absolute Gasteiger partial charge is 0.468 e. The van der Waals surface area contributed by atoms with Gasteiger partial charge in [0.05, 0.1) is 5.02 Å². The van der Waals surface area contributed by atoms with Crippen LogP contribution in [0.2, 0.25) is 5.02 Å². The zero-order valence-electron chi connectivity index (χ0n) is 13.8. The third kappa shape index (κ3) is 2.99. The monoisotopic (exact) mass is 346 g/mol. The van der Waals surface area contributed by atoms with Gasteiger partial charge in [0.2, 0.25) is 0 Å². The predicted molar refractivity (Wildman–Crippen MR) is 95.1 cm³/mol. The van der Waals surface area contributed by atoms with Crippen molar-refractivity contribution < 1.29 is 14.6 Å². The summed E-state index contributed by atoms with van der Waals surface area (Å²) in [6.45, 7) is 0. The Morgan fingerprint density at radius 3 is 2.42 bits per heavy atom. The highest BCUT2D eigenvalue weighted by Gasteiger charge is 2.31. The van der Waals surface area contributed by atoms with Gasteiger partial charge >= 0.3 is 6.09 Å². The lowest BCUT2D eigenvalue weighted by molar-refractivity contribution is 0.0608. The number of carboxylic acid groups (broad SMARTS) is 1. The number of hydrogen-bond donors (Lipinski definition) is 1. The lowest BCUT2D eigenvalue weighted by atomic mass is 10.0. The fourth-order valence-corrected chi connectivity index (χ4v) is 3.04. The van der Waals surface area contributed by atoms with Crippen LogP contribution < -0.4 is 9.64 Å². The molecule has 1 heterocycles. The minimum absolute atomic E-state index is 0.488. The predicted octanol–water partition coefficient (Wildman–Crippen LogP) is 3.94. The summed E-state index contributed by atoms with van der Waals surface area (Å²) in [5.41, 5.74) is 4.09. The number of rotatable bonds is 3. The number of halogens is 1. The maximum absolute atomic E-state index is 11.1. The molecule has 5 nitrogen and oxygen atoms in total. The van der Waals surface area contributed by atoms with E-state index in [1.165, 1.54) is 7.05 Å². The second kappa shape index (κ2) is 6.24. The van der Waals surface area contributed by atoms with Crippen molar-refractivity contribution in [3.8, 4) is 16.9 Å². The summed E-state index contributed by atoms with van der Waals surface area (Å²) in [7, 11) is 5.49. The number of nitrogens with zero attached hydrogens (tertiary/aromatic N) is 2. The first-order chi connectivity index (χ1) is 11.4. The Kier molecular flexibility index (Phi) is 4.28. The van der Waals surface area contributed by atoms with Gasteiger partial charge in [0.1, 0.15) is 5.75 Å². The van der Waals surface area contributed by atoms with Gasteiger partial charge in [0.25, 0.3) is 0 Å². The van der Waals surface area contributed by atoms with E-state index in [0.29, 0.717) is 17.2 Å². The normalized spacial score (nSPS) is 15.6. The van der Waals surface area contributed by atoms with Gasteiger partial charge in [-0.3, -0.25) is 4.90 Å².